The highest BCUT2D eigenvalue weighted by Gasteiger charge is 2.35. The fourth-order valence-corrected chi connectivity index (χ4v) is 7.14. The number of aromatic amines is 1. The predicted octanol–water partition coefficient (Wildman–Crippen LogP) is 4.63. The number of para-hydroxylation sites is 1. The molecule has 0 radical (unpaired) electrons. The van der Waals surface area contributed by atoms with E-state index in [0.29, 0.717) is 30.0 Å². The molecule has 55 heavy (non-hydrogen) atoms. The van der Waals surface area contributed by atoms with Crippen molar-refractivity contribution in [3.63, 3.8) is 0 Å². The Bertz CT molecular complexity index is 1580. The van der Waals surface area contributed by atoms with Gasteiger partial charge in [0.15, 0.2) is 6.61 Å². The van der Waals surface area contributed by atoms with E-state index in [1.807, 2.05) is 52.0 Å². The number of benzene rings is 1. The molecule has 6 atom stereocenters. The first-order valence-electron chi connectivity index (χ1n) is 19.9. The Hall–Kier alpha value is -4.78. The number of hydrogen-bond donors (Lipinski definition) is 6. The molecule has 1 aliphatic carbocycles. The normalized spacial score (nSPS) is 16.8. The average molecular weight is 760 g/mol. The van der Waals surface area contributed by atoms with Gasteiger partial charge < -0.3 is 36.1 Å². The highest BCUT2D eigenvalue weighted by molar-refractivity contribution is 5.89. The van der Waals surface area contributed by atoms with Gasteiger partial charge in [-0.1, -0.05) is 96.9 Å². The van der Waals surface area contributed by atoms with E-state index in [1.165, 1.54) is 6.33 Å². The molecule has 13 nitrogen and oxygen atoms in total. The average Bonchev–Trinajstić information content (AvgIpc) is 3.57. The van der Waals surface area contributed by atoms with Crippen LogP contribution in [0.3, 0.4) is 0 Å². The van der Waals surface area contributed by atoms with Gasteiger partial charge in [-0.15, -0.1) is 0 Å². The van der Waals surface area contributed by atoms with Crippen LogP contribution in [0, 0.1) is 23.7 Å². The van der Waals surface area contributed by atoms with E-state index in [-0.39, 0.29) is 55.6 Å². The van der Waals surface area contributed by atoms with Crippen molar-refractivity contribution in [2.45, 2.75) is 123 Å². The van der Waals surface area contributed by atoms with Crippen molar-refractivity contribution in [2.24, 2.45) is 23.7 Å². The van der Waals surface area contributed by atoms with Crippen LogP contribution >= 0.6 is 0 Å². The van der Waals surface area contributed by atoms with Gasteiger partial charge in [-0.2, -0.15) is 0 Å². The zero-order valence-electron chi connectivity index (χ0n) is 32.8. The Kier molecular flexibility index (Phi) is 17.6. The lowest BCUT2D eigenvalue weighted by molar-refractivity contribution is -0.134. The number of carbonyl (C=O) groups is 4. The maximum atomic E-state index is 14.1. The third-order valence-corrected chi connectivity index (χ3v) is 10.7. The number of hydrogen-bond acceptors (Lipinski definition) is 8. The minimum Gasteiger partial charge on any atom is -0.484 e. The van der Waals surface area contributed by atoms with Gasteiger partial charge in [0.25, 0.3) is 5.91 Å². The van der Waals surface area contributed by atoms with Crippen molar-refractivity contribution in [3.05, 3.63) is 78.6 Å². The van der Waals surface area contributed by atoms with Crippen molar-refractivity contribution in [1.29, 1.82) is 0 Å². The number of amides is 4. The molecular weight excluding hydrogens is 699 g/mol. The predicted molar refractivity (Wildman–Crippen MR) is 210 cm³/mol. The highest BCUT2D eigenvalue weighted by Crippen LogP contribution is 2.29. The second kappa shape index (κ2) is 22.6. The Morgan fingerprint density at radius 2 is 1.64 bits per heavy atom. The van der Waals surface area contributed by atoms with E-state index in [1.54, 1.807) is 36.7 Å². The first kappa shape index (κ1) is 43.0. The van der Waals surface area contributed by atoms with Gasteiger partial charge in [0.05, 0.1) is 30.7 Å². The number of nitrogens with zero attached hydrogens (tertiary/aromatic N) is 2. The summed E-state index contributed by atoms with van der Waals surface area (Å²) in [5.74, 6) is -1.69. The second-order valence-electron chi connectivity index (χ2n) is 15.3. The first-order valence-corrected chi connectivity index (χ1v) is 19.9. The molecule has 0 bridgehead atoms. The zero-order valence-corrected chi connectivity index (χ0v) is 32.8. The molecule has 1 saturated carbocycles. The van der Waals surface area contributed by atoms with Crippen molar-refractivity contribution >= 4 is 23.6 Å². The fourth-order valence-electron chi connectivity index (χ4n) is 7.14. The first-order chi connectivity index (χ1) is 26.5. The summed E-state index contributed by atoms with van der Waals surface area (Å²) >= 11 is 0. The van der Waals surface area contributed by atoms with Gasteiger partial charge in [0.2, 0.25) is 17.7 Å². The van der Waals surface area contributed by atoms with Crippen molar-refractivity contribution < 1.29 is 29.0 Å². The van der Waals surface area contributed by atoms with E-state index in [9.17, 15) is 24.3 Å². The van der Waals surface area contributed by atoms with Crippen molar-refractivity contribution in [3.8, 4) is 5.75 Å². The van der Waals surface area contributed by atoms with Crippen LogP contribution in [-0.2, 0) is 32.1 Å². The van der Waals surface area contributed by atoms with E-state index in [0.717, 1.165) is 38.5 Å². The molecule has 300 valence electrons. The lowest BCUT2D eigenvalue weighted by atomic mass is 9.83. The SMILES string of the molecule is CCC(C)C(NC(=O)[C@H](C[C@@H](O)[C@H](CC1CCCCCC1)NC(=O)C(Cc1cnc[nH]1)NC(=O)COc1ccccc1)C(C)C)C(=O)NCc1ccccn1. The van der Waals surface area contributed by atoms with Crippen LogP contribution in [0.1, 0.15) is 96.9 Å². The number of aliphatic hydroxyl groups excluding tert-OH is 1. The summed E-state index contributed by atoms with van der Waals surface area (Å²) in [7, 11) is 0. The molecule has 13 heteroatoms. The van der Waals surface area contributed by atoms with E-state index in [2.05, 4.69) is 36.2 Å². The summed E-state index contributed by atoms with van der Waals surface area (Å²) in [6, 6.07) is 12.0. The highest BCUT2D eigenvalue weighted by atomic mass is 16.5. The molecule has 0 aliphatic heterocycles. The molecule has 0 saturated heterocycles. The molecule has 1 fully saturated rings. The summed E-state index contributed by atoms with van der Waals surface area (Å²) in [6.07, 6.45) is 11.6. The molecule has 4 rings (SSSR count). The van der Waals surface area contributed by atoms with Crippen LogP contribution in [0.4, 0.5) is 0 Å². The Morgan fingerprint density at radius 3 is 2.27 bits per heavy atom. The lowest BCUT2D eigenvalue weighted by Gasteiger charge is -2.33. The second-order valence-corrected chi connectivity index (χ2v) is 15.3. The number of rotatable bonds is 21. The zero-order chi connectivity index (χ0) is 39.6. The van der Waals surface area contributed by atoms with E-state index >= 15 is 0 Å². The topological polar surface area (TPSA) is 187 Å². The van der Waals surface area contributed by atoms with Crippen molar-refractivity contribution in [1.82, 2.24) is 36.2 Å². The van der Waals surface area contributed by atoms with Crippen LogP contribution in [0.5, 0.6) is 5.75 Å². The molecule has 6 N–H and O–H groups in total. The molecule has 2 aromatic heterocycles. The third-order valence-electron chi connectivity index (χ3n) is 10.7. The summed E-state index contributed by atoms with van der Waals surface area (Å²) in [6.45, 7) is 7.69. The smallest absolute Gasteiger partial charge is 0.258 e. The minimum absolute atomic E-state index is 0.0758. The Labute approximate surface area is 325 Å². The Balaban J connectivity index is 1.49. The van der Waals surface area contributed by atoms with Crippen LogP contribution in [-0.4, -0.2) is 74.5 Å². The molecule has 4 amide bonds. The summed E-state index contributed by atoms with van der Waals surface area (Å²) in [5.41, 5.74) is 1.36. The monoisotopic (exact) mass is 759 g/mol. The maximum Gasteiger partial charge on any atom is 0.258 e. The number of ether oxygens (including phenoxy) is 1. The van der Waals surface area contributed by atoms with Crippen molar-refractivity contribution in [2.75, 3.05) is 6.61 Å². The van der Waals surface area contributed by atoms with Crippen LogP contribution in [0.15, 0.2) is 67.3 Å². The van der Waals surface area contributed by atoms with Gasteiger partial charge in [-0.3, -0.25) is 24.2 Å². The number of pyridine rings is 1. The largest absolute Gasteiger partial charge is 0.484 e. The van der Waals surface area contributed by atoms with E-state index < -0.39 is 42.0 Å². The quantitative estimate of drug-likeness (QED) is 0.0849. The molecule has 2 heterocycles. The molecule has 3 unspecified atom stereocenters. The molecule has 1 aromatic carbocycles. The minimum atomic E-state index is -1.07. The standard InChI is InChI=1S/C42H61N7O6/c1-5-29(4)39(42(54)45-25-31-17-13-14-20-44-31)49-40(52)34(28(2)3)23-37(50)35(21-30-15-9-6-7-10-16-30)48-41(53)36(22-32-24-43-27-46-32)47-38(51)26-55-33-18-11-8-12-19-33/h8,11-14,17-20,24,27-30,34-37,39,50H,5-7,9-10,15-16,21-23,25-26H2,1-4H3,(H,43,46)(H,45,54)(H,47,51)(H,48,53)(H,49,52)/t29?,34-,35+,36?,37-,39?/m1/s1. The lowest BCUT2D eigenvalue weighted by Crippen LogP contribution is -2.55. The van der Waals surface area contributed by atoms with Crippen LogP contribution < -0.4 is 26.0 Å². The van der Waals surface area contributed by atoms with Gasteiger partial charge in [0.1, 0.15) is 17.8 Å². The van der Waals surface area contributed by atoms with Gasteiger partial charge in [-0.05, 0) is 54.9 Å². The number of imidazole rings is 1. The third kappa shape index (κ3) is 14.4. The number of carbonyl (C=O) groups excluding carboxylic acids is 4. The molecular formula is C42H61N7O6. The van der Waals surface area contributed by atoms with Crippen LogP contribution in [0.2, 0.25) is 0 Å². The number of nitrogens with one attached hydrogen (secondary N) is 5. The van der Waals surface area contributed by atoms with E-state index in [4.69, 9.17) is 4.74 Å². The summed E-state index contributed by atoms with van der Waals surface area (Å²) in [4.78, 5) is 66.0. The summed E-state index contributed by atoms with van der Waals surface area (Å²) < 4.78 is 5.63. The van der Waals surface area contributed by atoms with Gasteiger partial charge >= 0.3 is 0 Å². The van der Waals surface area contributed by atoms with Gasteiger partial charge in [-0.25, -0.2) is 4.98 Å². The van der Waals surface area contributed by atoms with Gasteiger partial charge in [0, 0.05) is 30.4 Å². The number of H-pyrrole nitrogens is 1. The molecule has 0 spiro atoms. The molecule has 1 aliphatic rings. The summed E-state index contributed by atoms with van der Waals surface area (Å²) in [5, 5.41) is 23.8. The molecule has 3 aromatic rings. The number of aliphatic hydroxyl groups is 1. The fraction of sp³-hybridized carbons (Fsp3) is 0.571. The number of aromatic nitrogens is 3. The Morgan fingerprint density at radius 1 is 0.909 bits per heavy atom. The van der Waals surface area contributed by atoms with Crippen LogP contribution in [0.25, 0.3) is 0 Å². The maximum absolute atomic E-state index is 14.1.